The molecule has 0 fully saturated rings. The maximum atomic E-state index is 14.2. The van der Waals surface area contributed by atoms with E-state index >= 15 is 0 Å². The number of ether oxygens (including phenoxy) is 3. The Balaban J connectivity index is 2.20. The van der Waals surface area contributed by atoms with Gasteiger partial charge in [-0.25, -0.2) is 0 Å². The number of benzene rings is 3. The van der Waals surface area contributed by atoms with E-state index in [0.717, 1.165) is 6.42 Å². The van der Waals surface area contributed by atoms with E-state index in [1.807, 2.05) is 6.92 Å². The van der Waals surface area contributed by atoms with Crippen LogP contribution in [0.25, 0.3) is 0 Å². The fourth-order valence-corrected chi connectivity index (χ4v) is 15.9. The molecule has 0 unspecified atom stereocenters. The second-order valence-electron chi connectivity index (χ2n) is 8.18. The summed E-state index contributed by atoms with van der Waals surface area (Å²) in [5.74, 6) is 1.79. The van der Waals surface area contributed by atoms with Crippen LogP contribution in [-0.4, -0.2) is 51.1 Å². The molecule has 0 aliphatic heterocycles. The number of hydrogen-bond acceptors (Lipinski definition) is 6. The van der Waals surface area contributed by atoms with Gasteiger partial charge in [-0.15, -0.1) is 0 Å². The molecule has 6 nitrogen and oxygen atoms in total. The van der Waals surface area contributed by atoms with Crippen LogP contribution in [0.4, 0.5) is 0 Å². The van der Waals surface area contributed by atoms with Crippen LogP contribution in [0.1, 0.15) is 50.8 Å². The quantitative estimate of drug-likeness (QED) is 0.262. The molecule has 0 aliphatic rings. The molecule has 3 aromatic rings. The number of carbonyl (C=O) groups excluding carboxylic acids is 3. The topological polar surface area (TPSA) is 78.9 Å². The Kier molecular flexibility index (Phi) is 9.09. The predicted octanol–water partition coefficient (Wildman–Crippen LogP) is 5.53. The molecule has 0 heterocycles. The predicted molar refractivity (Wildman–Crippen MR) is 137 cm³/mol. The van der Waals surface area contributed by atoms with Gasteiger partial charge in [0.1, 0.15) is 0 Å². The summed E-state index contributed by atoms with van der Waals surface area (Å²) in [5.41, 5.74) is 1.09. The van der Waals surface area contributed by atoms with Crippen LogP contribution in [0.3, 0.4) is 0 Å². The van der Waals surface area contributed by atoms with Gasteiger partial charge in [-0.1, -0.05) is 0 Å². The first-order valence-corrected chi connectivity index (χ1v) is 17.8. The van der Waals surface area contributed by atoms with Crippen molar-refractivity contribution < 1.29 is 28.6 Å². The van der Waals surface area contributed by atoms with Gasteiger partial charge < -0.3 is 0 Å². The number of carbonyl (C=O) groups is 3. The van der Waals surface area contributed by atoms with E-state index in [1.54, 1.807) is 94.1 Å². The average Bonchev–Trinajstić information content (AvgIpc) is 2.93. The average molecular weight is 581 g/mol. The van der Waals surface area contributed by atoms with Crippen molar-refractivity contribution in [3.8, 4) is 17.2 Å². The molecule has 35 heavy (non-hydrogen) atoms. The summed E-state index contributed by atoms with van der Waals surface area (Å²) < 4.78 is 15.0. The molecule has 0 atom stereocenters. The van der Waals surface area contributed by atoms with Crippen LogP contribution >= 0.6 is 0 Å². The fourth-order valence-electron chi connectivity index (χ4n) is 4.06. The molecule has 182 valence electrons. The van der Waals surface area contributed by atoms with Gasteiger partial charge >= 0.3 is 211 Å². The number of unbranched alkanes of at least 4 members (excludes halogenated alkanes) is 1. The van der Waals surface area contributed by atoms with Crippen LogP contribution in [0.2, 0.25) is 4.44 Å². The van der Waals surface area contributed by atoms with Crippen LogP contribution in [0, 0.1) is 0 Å². The molecule has 0 N–H and O–H groups in total. The Morgan fingerprint density at radius 3 is 1.09 bits per heavy atom. The summed E-state index contributed by atoms with van der Waals surface area (Å²) in [5, 5.41) is 0. The molecule has 0 spiro atoms. The van der Waals surface area contributed by atoms with Gasteiger partial charge in [0.05, 0.1) is 0 Å². The van der Waals surface area contributed by atoms with Crippen molar-refractivity contribution in [2.45, 2.75) is 24.2 Å². The van der Waals surface area contributed by atoms with Gasteiger partial charge in [-0.3, -0.25) is 0 Å². The molecule has 0 bridgehead atoms. The van der Waals surface area contributed by atoms with Crippen LogP contribution in [-0.2, 0) is 0 Å². The van der Waals surface area contributed by atoms with Crippen molar-refractivity contribution in [1.29, 1.82) is 0 Å². The van der Waals surface area contributed by atoms with Crippen LogP contribution < -0.4 is 14.2 Å². The van der Waals surface area contributed by atoms with E-state index in [4.69, 9.17) is 14.2 Å². The second kappa shape index (κ2) is 12.0. The minimum atomic E-state index is -5.02. The molecular formula is C28H30O6Sn. The summed E-state index contributed by atoms with van der Waals surface area (Å²) in [6, 6.07) is 19.9. The Bertz CT molecular complexity index is 1020. The molecule has 0 amide bonds. The van der Waals surface area contributed by atoms with Crippen molar-refractivity contribution in [3.05, 3.63) is 89.5 Å². The number of rotatable bonds is 12. The Hall–Kier alpha value is -3.13. The molecule has 7 heteroatoms. The normalized spacial score (nSPS) is 11.0. The first kappa shape index (κ1) is 26.5. The van der Waals surface area contributed by atoms with E-state index in [2.05, 4.69) is 0 Å². The van der Waals surface area contributed by atoms with Gasteiger partial charge in [-0.05, 0) is 0 Å². The van der Waals surface area contributed by atoms with Crippen molar-refractivity contribution in [1.82, 2.24) is 0 Å². The minimum absolute atomic E-state index is 0.297. The standard InChI is InChI=1S/3C8H7O2.C4H9.Sn/c3*1-10-8-4-2-7(6-9)3-5-8;1-3-4-2;/h3*2-5H,1H3;1,3-4H2,2H3;. The molecule has 0 aliphatic carbocycles. The zero-order valence-corrected chi connectivity index (χ0v) is 23.4. The second-order valence-corrected chi connectivity index (χ2v) is 18.7. The van der Waals surface area contributed by atoms with Crippen molar-refractivity contribution in [2.75, 3.05) is 21.3 Å². The Morgan fingerprint density at radius 2 is 0.857 bits per heavy atom. The summed E-state index contributed by atoms with van der Waals surface area (Å²) in [6.45, 7) is 1.99. The molecule has 0 saturated carbocycles. The van der Waals surface area contributed by atoms with Crippen molar-refractivity contribution >= 4 is 29.8 Å². The van der Waals surface area contributed by atoms with Crippen LogP contribution in [0.15, 0.2) is 72.8 Å². The zero-order valence-electron chi connectivity index (χ0n) is 20.5. The zero-order chi connectivity index (χ0) is 25.4. The van der Waals surface area contributed by atoms with E-state index in [-0.39, 0.29) is 11.4 Å². The number of hydrogen-bond donors (Lipinski definition) is 0. The van der Waals surface area contributed by atoms with Crippen molar-refractivity contribution in [3.63, 3.8) is 0 Å². The third-order valence-electron chi connectivity index (χ3n) is 6.12. The van der Waals surface area contributed by atoms with Gasteiger partial charge in [0.15, 0.2) is 0 Å². The molecule has 3 rings (SSSR count). The Labute approximate surface area is 210 Å². The third kappa shape index (κ3) is 5.59. The number of methoxy groups -OCH3 is 3. The molecule has 0 aromatic heterocycles. The maximum absolute atomic E-state index is 14.2. The summed E-state index contributed by atoms with van der Waals surface area (Å²) >= 11 is -5.02. The Morgan fingerprint density at radius 1 is 0.571 bits per heavy atom. The van der Waals surface area contributed by atoms with E-state index in [9.17, 15) is 14.4 Å². The van der Waals surface area contributed by atoms with E-state index in [1.165, 1.54) is 0 Å². The molecular weight excluding hydrogens is 551 g/mol. The first-order chi connectivity index (χ1) is 16.9. The van der Waals surface area contributed by atoms with E-state index in [0.29, 0.717) is 44.8 Å². The first-order valence-electron chi connectivity index (χ1n) is 11.5. The summed E-state index contributed by atoms with van der Waals surface area (Å²) in [4.78, 5) is 42.6. The van der Waals surface area contributed by atoms with Crippen molar-refractivity contribution in [2.24, 2.45) is 0 Å². The monoisotopic (exact) mass is 582 g/mol. The molecule has 3 aromatic carbocycles. The SMILES string of the molecule is CCC[CH2][Sn]([C](=O)c1ccc(OC)cc1)([C](=O)c1ccc(OC)cc1)[C](=O)c1ccc(OC)cc1. The van der Waals surface area contributed by atoms with Gasteiger partial charge in [0.25, 0.3) is 0 Å². The third-order valence-corrected chi connectivity index (χ3v) is 18.4. The molecule has 0 radical (unpaired) electrons. The van der Waals surface area contributed by atoms with Gasteiger partial charge in [0, 0.05) is 0 Å². The molecule has 0 saturated heterocycles. The van der Waals surface area contributed by atoms with Crippen LogP contribution in [0.5, 0.6) is 17.2 Å². The fraction of sp³-hybridized carbons (Fsp3) is 0.250. The van der Waals surface area contributed by atoms with Gasteiger partial charge in [0.2, 0.25) is 0 Å². The summed E-state index contributed by atoms with van der Waals surface area (Å²) in [6.07, 6.45) is 1.38. The van der Waals surface area contributed by atoms with E-state index < -0.39 is 18.4 Å². The summed E-state index contributed by atoms with van der Waals surface area (Å²) in [7, 11) is 4.63. The van der Waals surface area contributed by atoms with Gasteiger partial charge in [-0.2, -0.15) is 0 Å².